The molecule has 5 N–H and O–H groups in total. The van der Waals surface area contributed by atoms with Gasteiger partial charge in [0.25, 0.3) is 0 Å². The van der Waals surface area contributed by atoms with E-state index in [2.05, 4.69) is 59.9 Å². The molecule has 0 radical (unpaired) electrons. The third-order valence-electron chi connectivity index (χ3n) is 6.19. The second-order valence-corrected chi connectivity index (χ2v) is 10.7. The topological polar surface area (TPSA) is 105 Å². The molecule has 2 heterocycles. The molecule has 0 bridgehead atoms. The predicted octanol–water partition coefficient (Wildman–Crippen LogP) is 2.68. The number of nitrogens with one attached hydrogen (secondary N) is 3. The van der Waals surface area contributed by atoms with Crippen LogP contribution in [-0.2, 0) is 11.3 Å². The van der Waals surface area contributed by atoms with Crippen molar-refractivity contribution < 1.29 is 9.53 Å². The maximum Gasteiger partial charge on any atom is 0.241 e. The van der Waals surface area contributed by atoms with E-state index in [0.717, 1.165) is 46.8 Å². The van der Waals surface area contributed by atoms with Crippen LogP contribution in [0.15, 0.2) is 23.7 Å². The van der Waals surface area contributed by atoms with Gasteiger partial charge in [-0.1, -0.05) is 32.9 Å². The van der Waals surface area contributed by atoms with Gasteiger partial charge in [0.15, 0.2) is 0 Å². The van der Waals surface area contributed by atoms with Crippen molar-refractivity contribution in [3.05, 3.63) is 35.0 Å². The highest BCUT2D eigenvalue weighted by Gasteiger charge is 2.37. The zero-order chi connectivity index (χ0) is 24.7. The quantitative estimate of drug-likeness (QED) is 0.285. The van der Waals surface area contributed by atoms with Crippen molar-refractivity contribution in [2.45, 2.75) is 59.3 Å². The number of ether oxygens (including phenoxy) is 1. The fourth-order valence-electron chi connectivity index (χ4n) is 4.42. The molecule has 3 rings (SSSR count). The Morgan fingerprint density at radius 1 is 1.38 bits per heavy atom. The first kappa shape index (κ1) is 26.6. The molecule has 1 fully saturated rings. The Balaban J connectivity index is 1.74. The van der Waals surface area contributed by atoms with Crippen LogP contribution in [0, 0.1) is 12.3 Å². The van der Waals surface area contributed by atoms with Gasteiger partial charge >= 0.3 is 0 Å². The third kappa shape index (κ3) is 6.55. The van der Waals surface area contributed by atoms with Crippen LogP contribution in [0.4, 0.5) is 0 Å². The summed E-state index contributed by atoms with van der Waals surface area (Å²) < 4.78 is 6.09. The fraction of sp³-hybridized carbons (Fsp3) is 0.600. The summed E-state index contributed by atoms with van der Waals surface area (Å²) in [6.07, 6.45) is 1.95. The number of carbonyl (C=O) groups excluding carboxylic acids is 1. The molecule has 188 valence electrons. The first-order chi connectivity index (χ1) is 16.3. The maximum atomic E-state index is 13.3. The second kappa shape index (κ2) is 12.1. The van der Waals surface area contributed by atoms with Crippen LogP contribution < -0.4 is 26.4 Å². The third-order valence-corrected chi connectivity index (χ3v) is 7.17. The zero-order valence-electron chi connectivity index (χ0n) is 21.1. The molecule has 9 heteroatoms. The Morgan fingerprint density at radius 2 is 2.18 bits per heavy atom. The largest absolute Gasteiger partial charge is 0.478 e. The van der Waals surface area contributed by atoms with Gasteiger partial charge in [-0.2, -0.15) is 0 Å². The van der Waals surface area contributed by atoms with E-state index in [1.165, 1.54) is 0 Å². The van der Waals surface area contributed by atoms with Gasteiger partial charge in [-0.3, -0.25) is 15.4 Å². The lowest BCUT2D eigenvalue weighted by Crippen LogP contribution is -2.55. The number of benzene rings is 1. The number of aromatic nitrogens is 1. The molecule has 0 saturated carbocycles. The Morgan fingerprint density at radius 3 is 2.82 bits per heavy atom. The Kier molecular flexibility index (Phi) is 9.44. The SMILES string of the molecule is CNC(C(=O)N1CCCC1NCc1ccc(-c2scnc2C)cc1OCNCCN)C(C)(C)C. The molecule has 1 aliphatic heterocycles. The molecule has 8 nitrogen and oxygen atoms in total. The molecule has 2 unspecified atom stereocenters. The van der Waals surface area contributed by atoms with Gasteiger partial charge in [-0.25, -0.2) is 4.98 Å². The predicted molar refractivity (Wildman–Crippen MR) is 139 cm³/mol. The van der Waals surface area contributed by atoms with E-state index in [4.69, 9.17) is 10.5 Å². The summed E-state index contributed by atoms with van der Waals surface area (Å²) in [4.78, 5) is 20.8. The number of nitrogens with zero attached hydrogens (tertiary/aromatic N) is 2. The van der Waals surface area contributed by atoms with Crippen molar-refractivity contribution in [3.63, 3.8) is 0 Å². The molecule has 1 aliphatic rings. The number of aryl methyl sites for hydroxylation is 1. The Hall–Kier alpha value is -2.04. The molecular weight excluding hydrogens is 448 g/mol. The lowest BCUT2D eigenvalue weighted by Gasteiger charge is -2.35. The van der Waals surface area contributed by atoms with Crippen molar-refractivity contribution in [2.75, 3.05) is 33.4 Å². The molecule has 0 aliphatic carbocycles. The van der Waals surface area contributed by atoms with Crippen molar-refractivity contribution in [1.29, 1.82) is 0 Å². The minimum atomic E-state index is -0.218. The van der Waals surface area contributed by atoms with Gasteiger partial charge in [0, 0.05) is 31.7 Å². The lowest BCUT2D eigenvalue weighted by atomic mass is 9.86. The maximum absolute atomic E-state index is 13.3. The van der Waals surface area contributed by atoms with Gasteiger partial charge in [0.1, 0.15) is 12.5 Å². The van der Waals surface area contributed by atoms with E-state index in [0.29, 0.717) is 26.4 Å². The monoisotopic (exact) mass is 488 g/mol. The molecule has 1 saturated heterocycles. The molecule has 34 heavy (non-hydrogen) atoms. The molecular formula is C25H40N6O2S. The summed E-state index contributed by atoms with van der Waals surface area (Å²) in [7, 11) is 1.86. The van der Waals surface area contributed by atoms with E-state index in [1.807, 2.05) is 24.4 Å². The fourth-order valence-corrected chi connectivity index (χ4v) is 5.22. The minimum Gasteiger partial charge on any atom is -0.478 e. The summed E-state index contributed by atoms with van der Waals surface area (Å²) in [5.41, 5.74) is 10.5. The standard InChI is InChI=1S/C25H40N6O2S/c1-17-22(34-16-30-17)18-8-9-19(20(13-18)33-15-28-11-10-26)14-29-21-7-6-12-31(21)24(32)23(27-5)25(2,3)4/h8-9,13,16,21,23,27-29H,6-7,10-12,14-15,26H2,1-5H3. The Labute approximate surface area is 207 Å². The minimum absolute atomic E-state index is 0.0114. The highest BCUT2D eigenvalue weighted by atomic mass is 32.1. The van der Waals surface area contributed by atoms with Crippen molar-refractivity contribution in [3.8, 4) is 16.2 Å². The normalized spacial score (nSPS) is 17.2. The molecule has 1 amide bonds. The van der Waals surface area contributed by atoms with Gasteiger partial charge in [0.05, 0.1) is 28.3 Å². The van der Waals surface area contributed by atoms with Crippen molar-refractivity contribution >= 4 is 17.2 Å². The summed E-state index contributed by atoms with van der Waals surface area (Å²) in [5.74, 6) is 0.976. The number of hydrogen-bond acceptors (Lipinski definition) is 8. The Bertz CT molecular complexity index is 942. The number of rotatable bonds is 11. The van der Waals surface area contributed by atoms with E-state index >= 15 is 0 Å². The number of likely N-dealkylation sites (N-methyl/N-ethyl adjacent to an activating group) is 1. The van der Waals surface area contributed by atoms with Crippen LogP contribution in [0.3, 0.4) is 0 Å². The molecule has 0 spiro atoms. The molecule has 2 aromatic rings. The average molecular weight is 489 g/mol. The van der Waals surface area contributed by atoms with Crippen LogP contribution in [0.5, 0.6) is 5.75 Å². The number of likely N-dealkylation sites (tertiary alicyclic amines) is 1. The molecule has 2 atom stereocenters. The van der Waals surface area contributed by atoms with Crippen LogP contribution in [-0.4, -0.2) is 61.4 Å². The molecule has 1 aromatic carbocycles. The highest BCUT2D eigenvalue weighted by molar-refractivity contribution is 7.13. The van der Waals surface area contributed by atoms with Gasteiger partial charge < -0.3 is 20.7 Å². The van der Waals surface area contributed by atoms with Gasteiger partial charge in [-0.05, 0) is 43.9 Å². The first-order valence-corrected chi connectivity index (χ1v) is 12.9. The summed E-state index contributed by atoms with van der Waals surface area (Å²) in [5, 5.41) is 10.0. The van der Waals surface area contributed by atoms with E-state index in [9.17, 15) is 4.79 Å². The van der Waals surface area contributed by atoms with Crippen LogP contribution in [0.25, 0.3) is 10.4 Å². The van der Waals surface area contributed by atoms with E-state index < -0.39 is 0 Å². The zero-order valence-corrected chi connectivity index (χ0v) is 21.9. The van der Waals surface area contributed by atoms with E-state index in [-0.39, 0.29) is 23.5 Å². The van der Waals surface area contributed by atoms with Crippen LogP contribution in [0.2, 0.25) is 0 Å². The first-order valence-electron chi connectivity index (χ1n) is 12.0. The van der Waals surface area contributed by atoms with Crippen molar-refractivity contribution in [1.82, 2.24) is 25.8 Å². The van der Waals surface area contributed by atoms with Gasteiger partial charge in [0.2, 0.25) is 5.91 Å². The van der Waals surface area contributed by atoms with E-state index in [1.54, 1.807) is 11.3 Å². The summed E-state index contributed by atoms with van der Waals surface area (Å²) in [6.45, 7) is 11.3. The van der Waals surface area contributed by atoms with Crippen LogP contribution in [0.1, 0.15) is 44.9 Å². The highest BCUT2D eigenvalue weighted by Crippen LogP contribution is 2.32. The molecule has 1 aromatic heterocycles. The number of carbonyl (C=O) groups is 1. The number of nitrogens with two attached hydrogens (primary N) is 1. The van der Waals surface area contributed by atoms with Gasteiger partial charge in [-0.15, -0.1) is 11.3 Å². The summed E-state index contributed by atoms with van der Waals surface area (Å²) in [6, 6.07) is 6.08. The summed E-state index contributed by atoms with van der Waals surface area (Å²) >= 11 is 1.63. The number of amides is 1. The average Bonchev–Trinajstić information content (AvgIpc) is 3.44. The number of thiazole rings is 1. The second-order valence-electron chi connectivity index (χ2n) is 9.83. The number of hydrogen-bond donors (Lipinski definition) is 4. The van der Waals surface area contributed by atoms with Crippen molar-refractivity contribution in [2.24, 2.45) is 11.1 Å². The van der Waals surface area contributed by atoms with Crippen LogP contribution >= 0.6 is 11.3 Å². The lowest BCUT2D eigenvalue weighted by molar-refractivity contribution is -0.137. The smallest absolute Gasteiger partial charge is 0.241 e.